The van der Waals surface area contributed by atoms with Gasteiger partial charge in [-0.1, -0.05) is 32.0 Å². The van der Waals surface area contributed by atoms with E-state index in [9.17, 15) is 9.59 Å². The van der Waals surface area contributed by atoms with E-state index in [-0.39, 0.29) is 12.3 Å². The van der Waals surface area contributed by atoms with E-state index in [1.54, 1.807) is 0 Å². The van der Waals surface area contributed by atoms with Gasteiger partial charge in [0, 0.05) is 4.70 Å². The maximum absolute atomic E-state index is 12.4. The lowest BCUT2D eigenvalue weighted by Crippen LogP contribution is -2.48. The van der Waals surface area contributed by atoms with Crippen LogP contribution in [0.4, 0.5) is 0 Å². The van der Waals surface area contributed by atoms with Crippen LogP contribution in [0.15, 0.2) is 30.3 Å². The van der Waals surface area contributed by atoms with Gasteiger partial charge in [0.1, 0.15) is 0 Å². The van der Waals surface area contributed by atoms with Crippen LogP contribution in [0.1, 0.15) is 42.8 Å². The van der Waals surface area contributed by atoms with Gasteiger partial charge in [-0.25, -0.2) is 0 Å². The molecule has 2 rings (SSSR count). The summed E-state index contributed by atoms with van der Waals surface area (Å²) >= 11 is 1.43. The fourth-order valence-electron chi connectivity index (χ4n) is 2.41. The molecule has 0 fully saturated rings. The van der Waals surface area contributed by atoms with Crippen LogP contribution in [0.5, 0.6) is 0 Å². The second kappa shape index (κ2) is 6.26. The van der Waals surface area contributed by atoms with Gasteiger partial charge in [-0.15, -0.1) is 11.3 Å². The highest BCUT2D eigenvalue weighted by atomic mass is 32.1. The summed E-state index contributed by atoms with van der Waals surface area (Å²) in [6, 6.07) is 9.66. The third kappa shape index (κ3) is 3.42. The van der Waals surface area contributed by atoms with E-state index < -0.39 is 11.5 Å². The third-order valence-corrected chi connectivity index (χ3v) is 4.99. The van der Waals surface area contributed by atoms with Gasteiger partial charge in [0.25, 0.3) is 5.91 Å². The average Bonchev–Trinajstić information content (AvgIpc) is 2.90. The first-order valence-electron chi connectivity index (χ1n) is 7.02. The number of hydrogen-bond acceptors (Lipinski definition) is 3. The largest absolute Gasteiger partial charge is 0.481 e. The monoisotopic (exact) mass is 305 g/mol. The number of aliphatic carboxylic acids is 1. The Bertz CT molecular complexity index is 625. The quantitative estimate of drug-likeness (QED) is 0.856. The van der Waals surface area contributed by atoms with Crippen molar-refractivity contribution in [2.24, 2.45) is 0 Å². The molecule has 0 bridgehead atoms. The fourth-order valence-corrected chi connectivity index (χ4v) is 3.36. The molecule has 0 aliphatic carbocycles. The highest BCUT2D eigenvalue weighted by molar-refractivity contribution is 7.20. The van der Waals surface area contributed by atoms with Gasteiger partial charge < -0.3 is 10.4 Å². The number of carboxylic acids is 1. The summed E-state index contributed by atoms with van der Waals surface area (Å²) in [7, 11) is 0. The zero-order valence-electron chi connectivity index (χ0n) is 12.2. The molecule has 5 heteroatoms. The molecule has 0 atom stereocenters. The first-order valence-corrected chi connectivity index (χ1v) is 7.84. The Morgan fingerprint density at radius 2 is 1.90 bits per heavy atom. The van der Waals surface area contributed by atoms with Crippen LogP contribution in [0.2, 0.25) is 0 Å². The summed E-state index contributed by atoms with van der Waals surface area (Å²) in [5, 5.41) is 13.0. The van der Waals surface area contributed by atoms with Crippen LogP contribution in [0.25, 0.3) is 10.1 Å². The van der Waals surface area contributed by atoms with Crippen molar-refractivity contribution in [3.05, 3.63) is 35.2 Å². The summed E-state index contributed by atoms with van der Waals surface area (Å²) in [6.45, 7) is 3.80. The van der Waals surface area contributed by atoms with Crippen molar-refractivity contribution in [2.45, 2.75) is 38.6 Å². The van der Waals surface area contributed by atoms with Crippen molar-refractivity contribution in [1.82, 2.24) is 5.32 Å². The van der Waals surface area contributed by atoms with Crippen LogP contribution in [0, 0.1) is 0 Å². The first-order chi connectivity index (χ1) is 9.99. The molecule has 21 heavy (non-hydrogen) atoms. The van der Waals surface area contributed by atoms with Gasteiger partial charge in [0.05, 0.1) is 16.8 Å². The molecule has 2 N–H and O–H groups in total. The number of benzene rings is 1. The summed E-state index contributed by atoms with van der Waals surface area (Å²) in [4.78, 5) is 24.1. The number of carboxylic acid groups (broad SMARTS) is 1. The van der Waals surface area contributed by atoms with Gasteiger partial charge >= 0.3 is 5.97 Å². The van der Waals surface area contributed by atoms with Crippen LogP contribution in [-0.2, 0) is 4.79 Å². The minimum Gasteiger partial charge on any atom is -0.481 e. The van der Waals surface area contributed by atoms with E-state index in [4.69, 9.17) is 5.11 Å². The fraction of sp³-hybridized carbons (Fsp3) is 0.375. The number of carbonyl (C=O) groups excluding carboxylic acids is 1. The summed E-state index contributed by atoms with van der Waals surface area (Å²) < 4.78 is 1.06. The van der Waals surface area contributed by atoms with Gasteiger partial charge in [0.2, 0.25) is 0 Å². The zero-order chi connectivity index (χ0) is 15.5. The molecule has 1 amide bonds. The Balaban J connectivity index is 2.24. The second-order valence-electron chi connectivity index (χ2n) is 5.16. The van der Waals surface area contributed by atoms with E-state index in [1.807, 2.05) is 44.2 Å². The van der Waals surface area contributed by atoms with Crippen molar-refractivity contribution in [1.29, 1.82) is 0 Å². The van der Waals surface area contributed by atoms with Gasteiger partial charge in [-0.2, -0.15) is 0 Å². The van der Waals surface area contributed by atoms with Gasteiger partial charge in [-0.3, -0.25) is 9.59 Å². The lowest BCUT2D eigenvalue weighted by atomic mass is 9.89. The van der Waals surface area contributed by atoms with Crippen molar-refractivity contribution in [3.8, 4) is 0 Å². The van der Waals surface area contributed by atoms with Gasteiger partial charge in [0.15, 0.2) is 0 Å². The number of fused-ring (bicyclic) bond motifs is 1. The highest BCUT2D eigenvalue weighted by Gasteiger charge is 2.31. The maximum atomic E-state index is 12.4. The first kappa shape index (κ1) is 15.5. The Hall–Kier alpha value is -1.88. The minimum atomic E-state index is -0.893. The molecule has 0 aliphatic heterocycles. The molecule has 1 aromatic heterocycles. The summed E-state index contributed by atoms with van der Waals surface area (Å²) in [5.41, 5.74) is -0.681. The minimum absolute atomic E-state index is 0.0589. The Labute approximate surface area is 127 Å². The van der Waals surface area contributed by atoms with Crippen molar-refractivity contribution >= 4 is 33.3 Å². The number of thiophene rings is 1. The lowest BCUT2D eigenvalue weighted by Gasteiger charge is -2.31. The van der Waals surface area contributed by atoms with Crippen molar-refractivity contribution in [3.63, 3.8) is 0 Å². The molecular weight excluding hydrogens is 286 g/mol. The number of carbonyl (C=O) groups is 2. The van der Waals surface area contributed by atoms with E-state index >= 15 is 0 Å². The molecule has 2 aromatic rings. The Morgan fingerprint density at radius 3 is 2.48 bits per heavy atom. The van der Waals surface area contributed by atoms with Crippen molar-refractivity contribution < 1.29 is 14.7 Å². The number of rotatable bonds is 6. The number of nitrogens with one attached hydrogen (secondary N) is 1. The second-order valence-corrected chi connectivity index (χ2v) is 6.24. The maximum Gasteiger partial charge on any atom is 0.305 e. The van der Waals surface area contributed by atoms with Crippen molar-refractivity contribution in [2.75, 3.05) is 0 Å². The Kier molecular flexibility index (Phi) is 4.63. The molecule has 4 nitrogen and oxygen atoms in total. The molecule has 0 aliphatic rings. The van der Waals surface area contributed by atoms with E-state index in [0.717, 1.165) is 10.1 Å². The summed E-state index contributed by atoms with van der Waals surface area (Å²) in [6.07, 6.45) is 1.12. The average molecular weight is 305 g/mol. The lowest BCUT2D eigenvalue weighted by molar-refractivity contribution is -0.138. The SMILES string of the molecule is CCC(CC)(CC(=O)O)NC(=O)c1cc2ccccc2s1. The number of hydrogen-bond donors (Lipinski definition) is 2. The van der Waals surface area contributed by atoms with E-state index in [0.29, 0.717) is 17.7 Å². The third-order valence-electron chi connectivity index (χ3n) is 3.87. The molecule has 0 spiro atoms. The molecule has 0 saturated heterocycles. The summed E-state index contributed by atoms with van der Waals surface area (Å²) in [5.74, 6) is -1.09. The Morgan fingerprint density at radius 1 is 1.24 bits per heavy atom. The highest BCUT2D eigenvalue weighted by Crippen LogP contribution is 2.27. The molecule has 0 saturated carbocycles. The molecule has 1 aromatic carbocycles. The predicted octanol–water partition coefficient (Wildman–Crippen LogP) is 3.66. The molecule has 0 unspecified atom stereocenters. The van der Waals surface area contributed by atoms with E-state index in [2.05, 4.69) is 5.32 Å². The molecule has 112 valence electrons. The van der Waals surface area contributed by atoms with Crippen LogP contribution in [0.3, 0.4) is 0 Å². The topological polar surface area (TPSA) is 66.4 Å². The van der Waals surface area contributed by atoms with Gasteiger partial charge in [-0.05, 0) is 30.4 Å². The van der Waals surface area contributed by atoms with Crippen LogP contribution in [-0.4, -0.2) is 22.5 Å². The standard InChI is InChI=1S/C16H19NO3S/c1-3-16(4-2,10-14(18)19)17-15(20)13-9-11-7-5-6-8-12(11)21-13/h5-9H,3-4,10H2,1-2H3,(H,17,20)(H,18,19). The zero-order valence-corrected chi connectivity index (χ0v) is 13.0. The number of amides is 1. The molecule has 0 radical (unpaired) electrons. The van der Waals surface area contributed by atoms with Crippen LogP contribution < -0.4 is 5.32 Å². The smallest absolute Gasteiger partial charge is 0.305 e. The van der Waals surface area contributed by atoms with Crippen LogP contribution >= 0.6 is 11.3 Å². The molecular formula is C16H19NO3S. The molecule has 1 heterocycles. The van der Waals surface area contributed by atoms with E-state index in [1.165, 1.54) is 11.3 Å². The predicted molar refractivity (Wildman–Crippen MR) is 84.9 cm³/mol. The normalized spacial score (nSPS) is 11.5.